The summed E-state index contributed by atoms with van der Waals surface area (Å²) < 4.78 is 1.60. The Balaban J connectivity index is 0.00000280. The molecule has 0 amide bonds. The summed E-state index contributed by atoms with van der Waals surface area (Å²) in [5.41, 5.74) is 11.2. The van der Waals surface area contributed by atoms with Crippen molar-refractivity contribution in [3.63, 3.8) is 0 Å². The highest BCUT2D eigenvalue weighted by Gasteiger charge is 2.14. The maximum absolute atomic E-state index is 13.1. The van der Waals surface area contributed by atoms with Crippen LogP contribution in [0.3, 0.4) is 0 Å². The highest BCUT2D eigenvalue weighted by atomic mass is 16.1. The Morgan fingerprint density at radius 3 is 2.39 bits per heavy atom. The van der Waals surface area contributed by atoms with Crippen molar-refractivity contribution in [3.05, 3.63) is 147 Å². The van der Waals surface area contributed by atoms with E-state index in [2.05, 4.69) is 0 Å². The highest BCUT2D eigenvalue weighted by Crippen LogP contribution is 2.19. The molecule has 4 rings (SSSR count). The van der Waals surface area contributed by atoms with E-state index >= 15 is 0 Å². The first-order valence-electron chi connectivity index (χ1n) is 12.3. The van der Waals surface area contributed by atoms with Crippen LogP contribution in [0.1, 0.15) is 59.2 Å². The lowest BCUT2D eigenvalue weighted by molar-refractivity contribution is 0.103. The summed E-state index contributed by atoms with van der Waals surface area (Å²) >= 11 is 0. The fraction of sp³-hybridized carbons (Fsp3) is 0.125. The molecule has 0 radical (unpaired) electrons. The predicted octanol–water partition coefficient (Wildman–Crippen LogP) is 6.10. The first-order chi connectivity index (χ1) is 18.2. The zero-order chi connectivity index (χ0) is 27.2. The van der Waals surface area contributed by atoms with Crippen LogP contribution >= 0.6 is 0 Å². The Kier molecular flexibility index (Phi) is 7.92. The molecule has 1 heterocycles. The Hall–Kier alpha value is -4.84. The zero-order valence-electron chi connectivity index (χ0n) is 21.4. The topological polar surface area (TPSA) is 106 Å². The van der Waals surface area contributed by atoms with Crippen LogP contribution in [-0.2, 0) is 6.54 Å². The van der Waals surface area contributed by atoms with E-state index < -0.39 is 0 Å². The number of aromatic nitrogens is 1. The van der Waals surface area contributed by atoms with Gasteiger partial charge in [0.1, 0.15) is 0 Å². The molecular weight excluding hydrogens is 474 g/mol. The van der Waals surface area contributed by atoms with E-state index in [0.29, 0.717) is 45.8 Å². The van der Waals surface area contributed by atoms with Gasteiger partial charge in [-0.2, -0.15) is 0 Å². The molecule has 6 heteroatoms. The van der Waals surface area contributed by atoms with Crippen LogP contribution in [0.4, 0.5) is 5.69 Å². The summed E-state index contributed by atoms with van der Waals surface area (Å²) in [5.74, 6) is -0.394. The van der Waals surface area contributed by atoms with E-state index in [-0.39, 0.29) is 26.4 Å². The molecular formula is C32H33N3O3. The van der Waals surface area contributed by atoms with E-state index in [1.807, 2.05) is 31.2 Å². The van der Waals surface area contributed by atoms with Gasteiger partial charge in [-0.25, -0.2) is 0 Å². The van der Waals surface area contributed by atoms with E-state index in [0.717, 1.165) is 11.1 Å². The second kappa shape index (κ2) is 11.5. The SMILES string of the molecule is CC(=CCC(=N)c1cc(C)ccc1N)C(=O)c1cccc(C(=O)c2ccc(Cn3ccccc3=O)cc2)c1.[HH].[HH]. The van der Waals surface area contributed by atoms with Crippen molar-refractivity contribution in [2.45, 2.75) is 26.8 Å². The van der Waals surface area contributed by atoms with Gasteiger partial charge < -0.3 is 15.7 Å². The molecule has 0 aliphatic rings. The molecule has 0 unspecified atom stereocenters. The average Bonchev–Trinajstić information content (AvgIpc) is 2.93. The van der Waals surface area contributed by atoms with E-state index in [1.54, 1.807) is 78.4 Å². The van der Waals surface area contributed by atoms with Crippen molar-refractivity contribution in [3.8, 4) is 0 Å². The van der Waals surface area contributed by atoms with Gasteiger partial charge in [-0.1, -0.05) is 66.2 Å². The standard InChI is InChI=1S/C32H29N3O3.2H2/c1-21-9-15-28(33)27(18-21)29(34)16-10-22(2)31(37)25-6-5-7-26(19-25)32(38)24-13-11-23(12-14-24)20-35-17-4-3-8-30(35)36;;/h3-15,17-19,34H,16,20,33H2,1-2H3;2*1H. The molecule has 0 aliphatic heterocycles. The van der Waals surface area contributed by atoms with Gasteiger partial charge in [0.25, 0.3) is 5.56 Å². The number of benzene rings is 3. The minimum Gasteiger partial charge on any atom is -0.398 e. The third-order valence-electron chi connectivity index (χ3n) is 6.36. The molecule has 0 fully saturated rings. The highest BCUT2D eigenvalue weighted by molar-refractivity contribution is 6.13. The molecule has 3 N–H and O–H groups in total. The van der Waals surface area contributed by atoms with Crippen molar-refractivity contribution < 1.29 is 12.4 Å². The summed E-state index contributed by atoms with van der Waals surface area (Å²) in [4.78, 5) is 38.1. The van der Waals surface area contributed by atoms with Crippen LogP contribution in [0.5, 0.6) is 0 Å². The van der Waals surface area contributed by atoms with Crippen molar-refractivity contribution in [1.82, 2.24) is 4.57 Å². The first-order valence-corrected chi connectivity index (χ1v) is 12.3. The number of nitrogen functional groups attached to an aromatic ring is 1. The second-order valence-electron chi connectivity index (χ2n) is 9.26. The van der Waals surface area contributed by atoms with Crippen LogP contribution in [0.2, 0.25) is 0 Å². The number of hydrogen-bond acceptors (Lipinski definition) is 5. The lowest BCUT2D eigenvalue weighted by Crippen LogP contribution is -2.18. The van der Waals surface area contributed by atoms with Crippen LogP contribution in [-0.4, -0.2) is 21.8 Å². The minimum absolute atomic E-state index is 0. The number of hydrogen-bond donors (Lipinski definition) is 2. The Morgan fingerprint density at radius 2 is 1.66 bits per heavy atom. The van der Waals surface area contributed by atoms with Gasteiger partial charge in [0, 0.05) is 55.2 Å². The number of anilines is 1. The second-order valence-corrected chi connectivity index (χ2v) is 9.26. The van der Waals surface area contributed by atoms with Gasteiger partial charge in [-0.3, -0.25) is 14.4 Å². The van der Waals surface area contributed by atoms with Crippen molar-refractivity contribution >= 4 is 23.0 Å². The summed E-state index contributed by atoms with van der Waals surface area (Å²) in [7, 11) is 0. The van der Waals surface area contributed by atoms with Crippen LogP contribution < -0.4 is 11.3 Å². The number of nitrogens with zero attached hydrogens (tertiary/aromatic N) is 1. The van der Waals surface area contributed by atoms with Gasteiger partial charge >= 0.3 is 0 Å². The van der Waals surface area contributed by atoms with Gasteiger partial charge in [-0.05, 0) is 49.2 Å². The molecule has 3 aromatic carbocycles. The van der Waals surface area contributed by atoms with Crippen molar-refractivity contribution in [2.75, 3.05) is 5.73 Å². The van der Waals surface area contributed by atoms with Gasteiger partial charge in [0.15, 0.2) is 11.6 Å². The predicted molar refractivity (Wildman–Crippen MR) is 155 cm³/mol. The first kappa shape index (κ1) is 26.2. The van der Waals surface area contributed by atoms with Gasteiger partial charge in [0.05, 0.1) is 6.54 Å². The van der Waals surface area contributed by atoms with Crippen LogP contribution in [0, 0.1) is 12.3 Å². The minimum atomic E-state index is -0.201. The summed E-state index contributed by atoms with van der Waals surface area (Å²) in [6.07, 6.45) is 3.71. The summed E-state index contributed by atoms with van der Waals surface area (Å²) in [6, 6.07) is 24.3. The van der Waals surface area contributed by atoms with Gasteiger partial charge in [-0.15, -0.1) is 0 Å². The number of aryl methyl sites for hydroxylation is 1. The number of carbonyl (C=O) groups excluding carboxylic acids is 2. The van der Waals surface area contributed by atoms with Crippen molar-refractivity contribution in [1.29, 1.82) is 5.41 Å². The molecule has 0 spiro atoms. The normalized spacial score (nSPS) is 11.3. The molecule has 38 heavy (non-hydrogen) atoms. The Bertz CT molecular complexity index is 1620. The molecule has 0 bridgehead atoms. The van der Waals surface area contributed by atoms with Crippen molar-refractivity contribution in [2.24, 2.45) is 0 Å². The lowest BCUT2D eigenvalue weighted by atomic mass is 9.96. The summed E-state index contributed by atoms with van der Waals surface area (Å²) in [5, 5.41) is 8.38. The average molecular weight is 508 g/mol. The van der Waals surface area contributed by atoms with E-state index in [9.17, 15) is 14.4 Å². The molecule has 0 saturated heterocycles. The quantitative estimate of drug-likeness (QED) is 0.124. The third kappa shape index (κ3) is 6.10. The Labute approximate surface area is 224 Å². The van der Waals surface area contributed by atoms with E-state index in [1.165, 1.54) is 6.07 Å². The smallest absolute Gasteiger partial charge is 0.250 e. The number of allylic oxidation sites excluding steroid dienone is 2. The molecule has 6 nitrogen and oxygen atoms in total. The number of nitrogens with two attached hydrogens (primary N) is 1. The summed E-state index contributed by atoms with van der Waals surface area (Å²) in [6.45, 7) is 4.06. The number of pyridine rings is 1. The molecule has 0 saturated carbocycles. The largest absolute Gasteiger partial charge is 0.398 e. The maximum atomic E-state index is 13.1. The molecule has 194 valence electrons. The zero-order valence-corrected chi connectivity index (χ0v) is 21.4. The van der Waals surface area contributed by atoms with Gasteiger partial charge in [0.2, 0.25) is 0 Å². The fourth-order valence-electron chi connectivity index (χ4n) is 4.13. The van der Waals surface area contributed by atoms with Crippen LogP contribution in [0.15, 0.2) is 108 Å². The Morgan fingerprint density at radius 1 is 0.921 bits per heavy atom. The number of carbonyl (C=O) groups is 2. The molecule has 0 aliphatic carbocycles. The number of ketones is 2. The molecule has 4 aromatic rings. The number of rotatable bonds is 9. The lowest BCUT2D eigenvalue weighted by Gasteiger charge is -2.09. The third-order valence-corrected chi connectivity index (χ3v) is 6.36. The number of nitrogens with one attached hydrogen (secondary N) is 1. The molecule has 0 atom stereocenters. The monoisotopic (exact) mass is 507 g/mol. The van der Waals surface area contributed by atoms with Crippen LogP contribution in [0.25, 0.3) is 0 Å². The number of Topliss-reactive ketones (excluding diaryl/α,β-unsaturated/α-hetero) is 1. The molecule has 1 aromatic heterocycles. The maximum Gasteiger partial charge on any atom is 0.250 e. The fourth-order valence-corrected chi connectivity index (χ4v) is 4.13. The van der Waals surface area contributed by atoms with E-state index in [4.69, 9.17) is 11.1 Å².